The third kappa shape index (κ3) is 19.1. The molecule has 0 radical (unpaired) electrons. The smallest absolute Gasteiger partial charge is 0.322 e. The van der Waals surface area contributed by atoms with E-state index in [0.717, 1.165) is 23.9 Å². The van der Waals surface area contributed by atoms with Gasteiger partial charge in [-0.1, -0.05) is 33.8 Å². The van der Waals surface area contributed by atoms with Gasteiger partial charge in [-0.25, -0.2) is 49.9 Å². The highest BCUT2D eigenvalue weighted by Crippen LogP contribution is 2.40. The number of piperazine rings is 4. The Morgan fingerprint density at radius 2 is 0.584 bits per heavy atom. The van der Waals surface area contributed by atoms with Gasteiger partial charge in [-0.05, 0) is 122 Å². The summed E-state index contributed by atoms with van der Waals surface area (Å²) in [5.41, 5.74) is -1.71. The molecule has 125 heavy (non-hydrogen) atoms. The highest BCUT2D eigenvalue weighted by Gasteiger charge is 2.60. The zero-order valence-corrected chi connectivity index (χ0v) is 71.9. The molecule has 0 bridgehead atoms. The Bertz CT molecular complexity index is 4670. The molecule has 0 aromatic heterocycles. The molecule has 10 N–H and O–H groups in total. The summed E-state index contributed by atoms with van der Waals surface area (Å²) in [5, 5.41) is 26.7. The van der Waals surface area contributed by atoms with Crippen LogP contribution in [0.1, 0.15) is 81.1 Å². The molecular weight excluding hydrogens is 1640 g/mol. The second-order valence-corrected chi connectivity index (χ2v) is 36.1. The Labute approximate surface area is 720 Å². The van der Waals surface area contributed by atoms with Crippen molar-refractivity contribution in [2.45, 2.75) is 127 Å². The van der Waals surface area contributed by atoms with Crippen molar-refractivity contribution in [3.8, 4) is 0 Å². The van der Waals surface area contributed by atoms with Crippen molar-refractivity contribution in [2.75, 3.05) is 165 Å². The normalized spacial score (nSPS) is 27.8. The first-order chi connectivity index (χ1) is 59.2. The van der Waals surface area contributed by atoms with Crippen LogP contribution >= 0.6 is 0 Å². The first-order valence-electron chi connectivity index (χ1n) is 42.9. The maximum atomic E-state index is 13.7. The number of nitrogens with zero attached hydrogens (tertiary/aromatic N) is 10. The number of likely N-dealkylation sites (tertiary alicyclic amines) is 2. The number of hydrogen-bond acceptors (Lipinski definition) is 20. The minimum atomic E-state index is -1.07. The number of anilines is 4. The third-order valence-electron chi connectivity index (χ3n) is 27.2. The van der Waals surface area contributed by atoms with Crippen molar-refractivity contribution in [3.63, 3.8) is 0 Å². The maximum absolute atomic E-state index is 13.7. The van der Waals surface area contributed by atoms with Crippen molar-refractivity contribution < 1.29 is 88.3 Å². The molecule has 12 saturated heterocycles. The molecule has 4 aromatic carbocycles. The second kappa shape index (κ2) is 37.3. The van der Waals surface area contributed by atoms with Crippen LogP contribution in [0.5, 0.6) is 0 Å². The predicted octanol–water partition coefficient (Wildman–Crippen LogP) is 3.85. The quantitative estimate of drug-likeness (QED) is 0.0444. The van der Waals surface area contributed by atoms with Crippen LogP contribution in [0.25, 0.3) is 0 Å². The number of carbonyl (C=O) groups is 12. The molecule has 12 heterocycles. The molecule has 12 atom stereocenters. The summed E-state index contributed by atoms with van der Waals surface area (Å²) < 4.78 is 94.3. The molecule has 12 fully saturated rings. The topological polar surface area (TPSA) is 358 Å². The average Bonchev–Trinajstić information content (AvgIpc) is 1.64. The van der Waals surface area contributed by atoms with E-state index in [1.54, 1.807) is 41.5 Å². The Hall–Kier alpha value is -10.9. The van der Waals surface area contributed by atoms with E-state index in [1.807, 2.05) is 74.4 Å². The molecule has 0 aliphatic carbocycles. The lowest BCUT2D eigenvalue weighted by atomic mass is 9.73. The molecule has 39 heteroatoms. The summed E-state index contributed by atoms with van der Waals surface area (Å²) in [7, 11) is 3.91. The first-order valence-corrected chi connectivity index (χ1v) is 42.9. The monoisotopic (exact) mass is 1750 g/mol. The number of benzene rings is 4. The van der Waals surface area contributed by atoms with E-state index >= 15 is 0 Å². The fourth-order valence-corrected chi connectivity index (χ4v) is 20.0. The molecule has 12 aliphatic rings. The van der Waals surface area contributed by atoms with Crippen molar-refractivity contribution in [3.05, 3.63) is 120 Å². The zero-order valence-electron chi connectivity index (χ0n) is 71.9. The molecular formula is C86H113F7N20O12. The van der Waals surface area contributed by atoms with Gasteiger partial charge in [0, 0.05) is 243 Å². The lowest BCUT2D eigenvalue weighted by Gasteiger charge is -2.47. The molecule has 16 rings (SSSR count). The number of amides is 16. The Balaban J connectivity index is 0.000000143. The van der Waals surface area contributed by atoms with E-state index in [-0.39, 0.29) is 127 Å². The van der Waals surface area contributed by atoms with Crippen LogP contribution in [0.4, 0.5) is 72.7 Å². The van der Waals surface area contributed by atoms with Crippen molar-refractivity contribution >= 4 is 94.1 Å². The second-order valence-electron chi connectivity index (χ2n) is 36.1. The summed E-state index contributed by atoms with van der Waals surface area (Å²) in [6.45, 7) is 25.9. The highest BCUT2D eigenvalue weighted by molar-refractivity contribution is 6.10. The average molecular weight is 1750 g/mol. The number of imide groups is 4. The largest absolute Gasteiger partial charge is 0.365 e. The Morgan fingerprint density at radius 1 is 0.336 bits per heavy atom. The van der Waals surface area contributed by atoms with Crippen LogP contribution in [0.3, 0.4) is 0 Å². The van der Waals surface area contributed by atoms with E-state index in [2.05, 4.69) is 67.9 Å². The maximum Gasteiger partial charge on any atom is 0.322 e. The molecule has 32 nitrogen and oxygen atoms in total. The fraction of sp³-hybridized carbons (Fsp3) is 0.581. The van der Waals surface area contributed by atoms with Crippen LogP contribution in [-0.2, 0) is 38.4 Å². The molecule has 12 aliphatic heterocycles. The Morgan fingerprint density at radius 3 is 0.784 bits per heavy atom. The van der Waals surface area contributed by atoms with Crippen LogP contribution in [-0.4, -0.2) is 292 Å². The summed E-state index contributed by atoms with van der Waals surface area (Å²) >= 11 is 0. The molecule has 0 spiro atoms. The molecule has 678 valence electrons. The fourth-order valence-electron chi connectivity index (χ4n) is 20.0. The van der Waals surface area contributed by atoms with Gasteiger partial charge < -0.3 is 80.9 Å². The van der Waals surface area contributed by atoms with Gasteiger partial charge in [-0.2, -0.15) is 0 Å². The van der Waals surface area contributed by atoms with Gasteiger partial charge in [0.05, 0.1) is 0 Å². The van der Waals surface area contributed by atoms with E-state index in [0.29, 0.717) is 148 Å². The number of urea groups is 4. The lowest BCUT2D eigenvalue weighted by molar-refractivity contribution is -0.140. The van der Waals surface area contributed by atoms with Gasteiger partial charge in [0.1, 0.15) is 28.0 Å². The van der Waals surface area contributed by atoms with Gasteiger partial charge in [0.2, 0.25) is 23.6 Å². The van der Waals surface area contributed by atoms with Crippen molar-refractivity contribution in [1.82, 2.24) is 82.6 Å². The van der Waals surface area contributed by atoms with Gasteiger partial charge in [0.15, 0.2) is 34.9 Å². The SMILES string of the molecule is C[C@@H](C[C@@]1(C2CN(C)C2)NC(=O)NC1=O)C(=O)N1CCN(c2ccc(F)c(F)c2)[C@@H](C)C1.C[C@@H](C[C@@]1(C2CNC2)NC(=O)NC1=O)C(=O)N1CCN(c2ccc(F)c(F)c2)[C@@H](C)C1.C[C@H](C[C@]1(C2CN(C)C2)NC(=O)NC1=O)C(=O)N1CCN(c2cccc(F)c2)[C@@H](C)C1.C[C@H](C[C@]1(C2CNC2)NC(=O)NC1=O)C(=O)N1CCN(c2ccc(F)c(F)c2)[C@@H](C)C1. The number of nitrogens with one attached hydrogen (secondary N) is 10. The number of halogens is 7. The summed E-state index contributed by atoms with van der Waals surface area (Å²) in [6.07, 6.45) is 0.973. The lowest BCUT2D eigenvalue weighted by Crippen LogP contribution is -2.65. The third-order valence-corrected chi connectivity index (χ3v) is 27.2. The van der Waals surface area contributed by atoms with Gasteiger partial charge in [-0.15, -0.1) is 0 Å². The van der Waals surface area contributed by atoms with Gasteiger partial charge >= 0.3 is 24.1 Å². The van der Waals surface area contributed by atoms with Gasteiger partial charge in [-0.3, -0.25) is 59.6 Å². The first kappa shape index (κ1) is 91.8. The molecule has 0 unspecified atom stereocenters. The van der Waals surface area contributed by atoms with E-state index < -0.39 is 105 Å². The van der Waals surface area contributed by atoms with E-state index in [1.165, 1.54) is 48.5 Å². The van der Waals surface area contributed by atoms with Crippen molar-refractivity contribution in [2.24, 2.45) is 47.3 Å². The van der Waals surface area contributed by atoms with E-state index in [4.69, 9.17) is 0 Å². The zero-order chi connectivity index (χ0) is 90.2. The summed E-state index contributed by atoms with van der Waals surface area (Å²) in [4.78, 5) is 170. The van der Waals surface area contributed by atoms with Crippen LogP contribution in [0.15, 0.2) is 78.9 Å². The van der Waals surface area contributed by atoms with Crippen LogP contribution in [0, 0.1) is 88.1 Å². The van der Waals surface area contributed by atoms with Crippen LogP contribution in [0.2, 0.25) is 0 Å². The van der Waals surface area contributed by atoms with Gasteiger partial charge in [0.25, 0.3) is 23.6 Å². The van der Waals surface area contributed by atoms with E-state index in [9.17, 15) is 88.3 Å². The molecule has 16 amide bonds. The predicted molar refractivity (Wildman–Crippen MR) is 446 cm³/mol. The van der Waals surface area contributed by atoms with Crippen LogP contribution < -0.4 is 72.8 Å². The minimum absolute atomic E-state index is 0.0112. The highest BCUT2D eigenvalue weighted by atomic mass is 19.2. The molecule has 0 saturated carbocycles. The van der Waals surface area contributed by atoms with Crippen molar-refractivity contribution in [1.29, 1.82) is 0 Å². The summed E-state index contributed by atoms with van der Waals surface area (Å²) in [5.74, 6) is -9.35. The number of rotatable bonds is 20. The molecule has 4 aromatic rings. The Kier molecular flexibility index (Phi) is 27.4. The standard InChI is InChI=1S/C22H29F2N5O3.C22H30FN5O3.2C21H27F2N5O3/c1-13(9-22(15-11-27(3)12-15)20(31)25-21(32)26-22)19(30)28-6-7-29(14(2)10-28)16-4-5-17(23)18(24)8-16;1-14(10-22(16-12-26(3)13-16)20(30)24-21(31)25-22)19(29)27-7-8-28(15(2)11-27)18-6-4-5-17(23)9-18;2*1-12(8-21(14-9-24-10-14)19(30)25-20(31)26-21)18(29)27-5-6-28(13(2)11-27)15-3-4-16(22)17(23)7-15/h4-5,8,13-15H,6-7,9-12H2,1-3H3,(H2,25,26,31,32);4-6,9,14-16H,7-8,10-13H2,1-3H3,(H2,24,25,30,31);2*3-4,7,12-14,24H,5-6,8-11H2,1-2H3,(H2,25,26,30,31)/t13-,14-,22-;14-,15+,22-;12-,13+,21-;12-,13-,21-/m0110/s1. The summed E-state index contributed by atoms with van der Waals surface area (Å²) in [6, 6.07) is 15.7. The number of hydrogen-bond donors (Lipinski definition) is 10. The number of carbonyl (C=O) groups excluding carboxylic acids is 12. The minimum Gasteiger partial charge on any atom is -0.365 e.